The average molecular weight is 208 g/mol. The van der Waals surface area contributed by atoms with Gasteiger partial charge in [-0.3, -0.25) is 19.2 Å². The molecule has 2 aliphatic heterocycles. The van der Waals surface area contributed by atoms with Gasteiger partial charge in [-0.25, -0.2) is 0 Å². The Bertz CT molecular complexity index is 78.1. The van der Waals surface area contributed by atoms with Crippen molar-refractivity contribution >= 4 is 14.6 Å². The molecule has 0 atom stereocenters. The fourth-order valence-corrected chi connectivity index (χ4v) is 0.143. The standard InChI is InChI=1S/2BO4.Ni/c2*2-1-3-5-4-1;/q2*-1;+2. The summed E-state index contributed by atoms with van der Waals surface area (Å²) < 4.78 is 0. The molecule has 11 heteroatoms. The van der Waals surface area contributed by atoms with Crippen LogP contribution < -0.4 is 10.0 Å². The molecule has 64 valence electrons. The van der Waals surface area contributed by atoms with E-state index in [-0.39, 0.29) is 16.5 Å². The SMILES string of the molecule is [Ni+2].[O-]B1OOO1.[O-]B1OOO1. The molecule has 0 aromatic rings. The molecule has 0 N–H and O–H groups in total. The zero-order chi connectivity index (χ0) is 7.40. The topological polar surface area (TPSA) is 102 Å². The van der Waals surface area contributed by atoms with E-state index in [0.29, 0.717) is 0 Å². The van der Waals surface area contributed by atoms with Gasteiger partial charge < -0.3 is 10.0 Å². The number of hydrogen-bond donors (Lipinski definition) is 0. The van der Waals surface area contributed by atoms with E-state index in [1.165, 1.54) is 0 Å². The van der Waals surface area contributed by atoms with Crippen LogP contribution in [0.15, 0.2) is 0 Å². The van der Waals surface area contributed by atoms with Crippen molar-refractivity contribution in [1.82, 2.24) is 0 Å². The first kappa shape index (κ1) is 11.3. The summed E-state index contributed by atoms with van der Waals surface area (Å²) in [6.45, 7) is 0. The molecule has 0 saturated carbocycles. The third-order valence-corrected chi connectivity index (χ3v) is 0.471. The summed E-state index contributed by atoms with van der Waals surface area (Å²) in [6, 6.07) is 0. The van der Waals surface area contributed by atoms with Crippen LogP contribution in [0.3, 0.4) is 0 Å². The van der Waals surface area contributed by atoms with Crippen molar-refractivity contribution in [2.45, 2.75) is 0 Å². The fraction of sp³-hybridized carbons (Fsp3) is 0. The minimum absolute atomic E-state index is 0. The molecule has 0 radical (unpaired) electrons. The molecular weight excluding hydrogens is 208 g/mol. The first-order chi connectivity index (χ1) is 4.79. The summed E-state index contributed by atoms with van der Waals surface area (Å²) in [6.07, 6.45) is 0. The minimum atomic E-state index is -1.41. The van der Waals surface area contributed by atoms with Gasteiger partial charge in [0.25, 0.3) is 0 Å². The molecule has 8 nitrogen and oxygen atoms in total. The van der Waals surface area contributed by atoms with Gasteiger partial charge in [0.15, 0.2) is 0 Å². The molecule has 2 aliphatic rings. The molecule has 0 unspecified atom stereocenters. The maximum Gasteiger partial charge on any atom is 2.00 e. The second-order valence-corrected chi connectivity index (χ2v) is 1.10. The van der Waals surface area contributed by atoms with Gasteiger partial charge in [-0.05, 0) is 0 Å². The van der Waals surface area contributed by atoms with Crippen molar-refractivity contribution in [3.8, 4) is 0 Å². The Morgan fingerprint density at radius 1 is 0.727 bits per heavy atom. The van der Waals surface area contributed by atoms with Crippen molar-refractivity contribution in [2.24, 2.45) is 0 Å². The summed E-state index contributed by atoms with van der Waals surface area (Å²) in [4.78, 5) is 14.6. The summed E-state index contributed by atoms with van der Waals surface area (Å²) in [5.41, 5.74) is 0. The van der Waals surface area contributed by atoms with Gasteiger partial charge in [-0.1, -0.05) is 10.1 Å². The Kier molecular flexibility index (Phi) is 6.05. The third-order valence-electron chi connectivity index (χ3n) is 0.471. The van der Waals surface area contributed by atoms with Crippen molar-refractivity contribution in [3.05, 3.63) is 0 Å². The summed E-state index contributed by atoms with van der Waals surface area (Å²) in [5, 5.41) is 25.9. The smallest absolute Gasteiger partial charge is 0.827 e. The Labute approximate surface area is 71.3 Å². The van der Waals surface area contributed by atoms with Gasteiger partial charge in [0.1, 0.15) is 0 Å². The van der Waals surface area contributed by atoms with Gasteiger partial charge in [-0.15, -0.1) is 0 Å². The zero-order valence-corrected chi connectivity index (χ0v) is 5.72. The second kappa shape index (κ2) is 5.89. The fourth-order valence-electron chi connectivity index (χ4n) is 0.143. The van der Waals surface area contributed by atoms with E-state index in [9.17, 15) is 10.0 Å². The third kappa shape index (κ3) is 4.69. The van der Waals surface area contributed by atoms with Crippen LogP contribution in [-0.2, 0) is 45.8 Å². The average Bonchev–Trinajstić information content (AvgIpc) is 1.80. The number of hydrogen-bond acceptors (Lipinski definition) is 8. The van der Waals surface area contributed by atoms with Crippen LogP contribution in [0.4, 0.5) is 0 Å². The van der Waals surface area contributed by atoms with E-state index in [1.807, 2.05) is 0 Å². The molecule has 0 aromatic carbocycles. The molecule has 0 aliphatic carbocycles. The Morgan fingerprint density at radius 3 is 0.909 bits per heavy atom. The van der Waals surface area contributed by atoms with E-state index in [1.54, 1.807) is 0 Å². The zero-order valence-electron chi connectivity index (χ0n) is 4.74. The summed E-state index contributed by atoms with van der Waals surface area (Å²) >= 11 is 0. The first-order valence-electron chi connectivity index (χ1n) is 2.08. The second-order valence-electron chi connectivity index (χ2n) is 1.10. The largest absolute Gasteiger partial charge is 2.00 e. The van der Waals surface area contributed by atoms with Crippen LogP contribution in [0.25, 0.3) is 0 Å². The maximum absolute atomic E-state index is 9.41. The van der Waals surface area contributed by atoms with E-state index < -0.39 is 14.6 Å². The maximum atomic E-state index is 9.41. The van der Waals surface area contributed by atoms with E-state index in [4.69, 9.17) is 0 Å². The monoisotopic (exact) mass is 208 g/mol. The molecule has 0 aromatic heterocycles. The Balaban J connectivity index is 0.000000167. The predicted octanol–water partition coefficient (Wildman–Crippen LogP) is -3.55. The van der Waals surface area contributed by atoms with Crippen LogP contribution in [0.1, 0.15) is 0 Å². The molecular formula is B2NiO8. The van der Waals surface area contributed by atoms with Gasteiger partial charge in [0.2, 0.25) is 0 Å². The van der Waals surface area contributed by atoms with E-state index in [0.717, 1.165) is 0 Å². The van der Waals surface area contributed by atoms with Crippen LogP contribution >= 0.6 is 0 Å². The number of rotatable bonds is 0. The molecule has 0 spiro atoms. The van der Waals surface area contributed by atoms with Crippen LogP contribution in [0.2, 0.25) is 0 Å². The summed E-state index contributed by atoms with van der Waals surface area (Å²) in [7, 11) is -2.81. The van der Waals surface area contributed by atoms with Crippen LogP contribution in [-0.4, -0.2) is 14.6 Å². The molecule has 0 bridgehead atoms. The minimum Gasteiger partial charge on any atom is -0.827 e. The van der Waals surface area contributed by atoms with Crippen molar-refractivity contribution in [1.29, 1.82) is 0 Å². The van der Waals surface area contributed by atoms with Crippen LogP contribution in [0.5, 0.6) is 0 Å². The Morgan fingerprint density at radius 2 is 0.909 bits per heavy atom. The van der Waals surface area contributed by atoms with Crippen LogP contribution in [0, 0.1) is 0 Å². The molecule has 2 rings (SSSR count). The van der Waals surface area contributed by atoms with Gasteiger partial charge in [0.05, 0.1) is 0 Å². The molecule has 2 heterocycles. The molecule has 2 saturated heterocycles. The predicted molar refractivity (Wildman–Crippen MR) is 18.0 cm³/mol. The molecule has 11 heavy (non-hydrogen) atoms. The Hall–Kier alpha value is 0.303. The quantitative estimate of drug-likeness (QED) is 0.298. The van der Waals surface area contributed by atoms with Gasteiger partial charge in [-0.2, -0.15) is 0 Å². The first-order valence-corrected chi connectivity index (χ1v) is 2.08. The van der Waals surface area contributed by atoms with Crippen molar-refractivity contribution in [2.75, 3.05) is 0 Å². The normalized spacial score (nSPS) is 20.2. The molecule has 2 fully saturated rings. The van der Waals surface area contributed by atoms with Gasteiger partial charge in [0, 0.05) is 0 Å². The molecule has 0 amide bonds. The van der Waals surface area contributed by atoms with E-state index >= 15 is 0 Å². The van der Waals surface area contributed by atoms with Gasteiger partial charge >= 0.3 is 31.1 Å². The van der Waals surface area contributed by atoms with E-state index in [2.05, 4.69) is 29.3 Å². The summed E-state index contributed by atoms with van der Waals surface area (Å²) in [5.74, 6) is 0. The van der Waals surface area contributed by atoms with Crippen molar-refractivity contribution in [3.63, 3.8) is 0 Å². The van der Waals surface area contributed by atoms with Crippen molar-refractivity contribution < 1.29 is 55.8 Å².